The van der Waals surface area contributed by atoms with E-state index >= 15 is 0 Å². The van der Waals surface area contributed by atoms with Crippen molar-refractivity contribution >= 4 is 23.3 Å². The Morgan fingerprint density at radius 3 is 2.68 bits per heavy atom. The minimum absolute atomic E-state index is 0.0288. The third-order valence-corrected chi connectivity index (χ3v) is 6.06. The van der Waals surface area contributed by atoms with Gasteiger partial charge < -0.3 is 14.4 Å². The summed E-state index contributed by atoms with van der Waals surface area (Å²) in [5.41, 5.74) is 1.49. The maximum absolute atomic E-state index is 12.8. The van der Waals surface area contributed by atoms with E-state index in [0.29, 0.717) is 60.0 Å². The van der Waals surface area contributed by atoms with Gasteiger partial charge in [0, 0.05) is 36.5 Å². The molecule has 4 rings (SSSR count). The third-order valence-electron chi connectivity index (χ3n) is 5.65. The highest BCUT2D eigenvalue weighted by Crippen LogP contribution is 2.41. The predicted octanol–water partition coefficient (Wildman–Crippen LogP) is 4.30. The third kappa shape index (κ3) is 3.35. The fraction of sp³-hybridized carbons (Fsp3) is 0.364. The fourth-order valence-corrected chi connectivity index (χ4v) is 4.11. The molecule has 0 radical (unpaired) electrons. The Kier molecular flexibility index (Phi) is 4.79. The number of benzene rings is 2. The van der Waals surface area contributed by atoms with Crippen LogP contribution in [0.2, 0.25) is 5.02 Å². The van der Waals surface area contributed by atoms with E-state index in [9.17, 15) is 9.59 Å². The zero-order chi connectivity index (χ0) is 19.9. The van der Waals surface area contributed by atoms with Crippen LogP contribution in [0, 0.1) is 6.92 Å². The number of nitrogens with zero attached hydrogens (tertiary/aromatic N) is 1. The highest BCUT2D eigenvalue weighted by Gasteiger charge is 2.44. The number of amides is 1. The lowest BCUT2D eigenvalue weighted by atomic mass is 9.82. The molecule has 0 atom stereocenters. The Bertz CT molecular complexity index is 948. The number of hydrogen-bond acceptors (Lipinski definition) is 4. The van der Waals surface area contributed by atoms with Crippen LogP contribution < -0.4 is 9.47 Å². The number of carbonyl (C=O) groups excluding carboxylic acids is 2. The van der Waals surface area contributed by atoms with Crippen molar-refractivity contribution in [3.63, 3.8) is 0 Å². The number of carbonyl (C=O) groups is 2. The van der Waals surface area contributed by atoms with Gasteiger partial charge in [0.05, 0.1) is 19.1 Å². The first-order valence-corrected chi connectivity index (χ1v) is 9.74. The molecule has 5 nitrogen and oxygen atoms in total. The topological polar surface area (TPSA) is 55.8 Å². The summed E-state index contributed by atoms with van der Waals surface area (Å²) in [4.78, 5) is 27.3. The first kappa shape index (κ1) is 18.8. The van der Waals surface area contributed by atoms with Crippen molar-refractivity contribution in [1.82, 2.24) is 4.90 Å². The molecule has 0 aromatic heterocycles. The van der Waals surface area contributed by atoms with Crippen LogP contribution in [0.25, 0.3) is 0 Å². The highest BCUT2D eigenvalue weighted by atomic mass is 35.5. The number of ketones is 1. The van der Waals surface area contributed by atoms with Crippen LogP contribution in [-0.2, 0) is 0 Å². The molecule has 1 spiro atoms. The number of Topliss-reactive ketones (excluding diaryl/α,β-unsaturated/α-hetero) is 1. The van der Waals surface area contributed by atoms with Gasteiger partial charge in [-0.15, -0.1) is 0 Å². The fourth-order valence-electron chi connectivity index (χ4n) is 3.95. The second-order valence-electron chi connectivity index (χ2n) is 7.51. The molecule has 6 heteroatoms. The summed E-state index contributed by atoms with van der Waals surface area (Å²) < 4.78 is 11.5. The Morgan fingerprint density at radius 2 is 1.96 bits per heavy atom. The van der Waals surface area contributed by atoms with Gasteiger partial charge in [0.25, 0.3) is 5.91 Å². The SMILES string of the molecule is COc1cccc(C(=O)N2CCC3(CC2)CC(=O)c2cc(Cl)c(C)cc2O3)c1. The molecular weight excluding hydrogens is 378 g/mol. The number of halogens is 1. The zero-order valence-corrected chi connectivity index (χ0v) is 16.7. The van der Waals surface area contributed by atoms with Crippen molar-refractivity contribution in [1.29, 1.82) is 0 Å². The molecule has 0 saturated carbocycles. The van der Waals surface area contributed by atoms with Gasteiger partial charge in [0.15, 0.2) is 5.78 Å². The van der Waals surface area contributed by atoms with Gasteiger partial charge >= 0.3 is 0 Å². The van der Waals surface area contributed by atoms with Crippen LogP contribution in [0.1, 0.15) is 45.5 Å². The van der Waals surface area contributed by atoms with Crippen LogP contribution in [0.3, 0.4) is 0 Å². The summed E-state index contributed by atoms with van der Waals surface area (Å²) in [5, 5.41) is 0.574. The average molecular weight is 400 g/mol. The molecule has 0 unspecified atom stereocenters. The summed E-state index contributed by atoms with van der Waals surface area (Å²) in [7, 11) is 1.58. The van der Waals surface area contributed by atoms with Gasteiger partial charge in [-0.05, 0) is 42.8 Å². The number of aryl methyl sites for hydroxylation is 1. The number of likely N-dealkylation sites (tertiary alicyclic amines) is 1. The maximum atomic E-state index is 12.8. The van der Waals surface area contributed by atoms with Gasteiger partial charge in [-0.1, -0.05) is 17.7 Å². The van der Waals surface area contributed by atoms with Crippen LogP contribution >= 0.6 is 11.6 Å². The standard InChI is InChI=1S/C22H22ClNO4/c1-14-10-20-17(12-18(14)23)19(25)13-22(28-20)6-8-24(9-7-22)21(26)15-4-3-5-16(11-15)27-2/h3-5,10-12H,6-9,13H2,1-2H3. The van der Waals surface area contributed by atoms with Gasteiger partial charge in [-0.25, -0.2) is 0 Å². The Balaban J connectivity index is 1.50. The van der Waals surface area contributed by atoms with E-state index in [0.717, 1.165) is 5.56 Å². The van der Waals surface area contributed by atoms with Crippen molar-refractivity contribution in [2.45, 2.75) is 31.8 Å². The van der Waals surface area contributed by atoms with Crippen molar-refractivity contribution in [2.75, 3.05) is 20.2 Å². The van der Waals surface area contributed by atoms with Crippen molar-refractivity contribution in [3.8, 4) is 11.5 Å². The molecule has 2 aliphatic heterocycles. The zero-order valence-electron chi connectivity index (χ0n) is 16.0. The van der Waals surface area contributed by atoms with E-state index in [1.54, 1.807) is 25.3 Å². The maximum Gasteiger partial charge on any atom is 0.253 e. The monoisotopic (exact) mass is 399 g/mol. The van der Waals surface area contributed by atoms with Crippen molar-refractivity contribution in [2.24, 2.45) is 0 Å². The Labute approximate surface area is 169 Å². The molecule has 146 valence electrons. The molecule has 1 fully saturated rings. The minimum atomic E-state index is -0.546. The van der Waals surface area contributed by atoms with Crippen molar-refractivity contribution < 1.29 is 19.1 Å². The number of fused-ring (bicyclic) bond motifs is 1. The molecule has 2 heterocycles. The molecule has 28 heavy (non-hydrogen) atoms. The second-order valence-corrected chi connectivity index (χ2v) is 7.91. The molecule has 2 aromatic carbocycles. The van der Waals surface area contributed by atoms with E-state index in [2.05, 4.69) is 0 Å². The molecule has 1 amide bonds. The number of methoxy groups -OCH3 is 1. The van der Waals surface area contributed by atoms with Gasteiger partial charge in [-0.3, -0.25) is 9.59 Å². The molecule has 2 aliphatic rings. The van der Waals surface area contributed by atoms with E-state index in [-0.39, 0.29) is 11.7 Å². The Morgan fingerprint density at radius 1 is 1.21 bits per heavy atom. The lowest BCUT2D eigenvalue weighted by molar-refractivity contribution is -0.00574. The Hall–Kier alpha value is -2.53. The summed E-state index contributed by atoms with van der Waals surface area (Å²) in [6.45, 7) is 2.99. The highest BCUT2D eigenvalue weighted by molar-refractivity contribution is 6.31. The summed E-state index contributed by atoms with van der Waals surface area (Å²) >= 11 is 6.16. The van der Waals surface area contributed by atoms with E-state index in [4.69, 9.17) is 21.1 Å². The molecular formula is C22H22ClNO4. The smallest absolute Gasteiger partial charge is 0.253 e. The van der Waals surface area contributed by atoms with E-state index < -0.39 is 5.60 Å². The number of rotatable bonds is 2. The molecule has 2 aromatic rings. The van der Waals surface area contributed by atoms with Crippen LogP contribution in [0.4, 0.5) is 0 Å². The molecule has 0 bridgehead atoms. The normalized spacial score (nSPS) is 17.8. The first-order valence-electron chi connectivity index (χ1n) is 9.36. The lowest BCUT2D eigenvalue weighted by Gasteiger charge is -2.44. The van der Waals surface area contributed by atoms with Gasteiger partial charge in [0.2, 0.25) is 0 Å². The van der Waals surface area contributed by atoms with Crippen LogP contribution in [-0.4, -0.2) is 42.4 Å². The van der Waals surface area contributed by atoms with E-state index in [1.165, 1.54) is 0 Å². The summed E-state index contributed by atoms with van der Waals surface area (Å²) in [5.74, 6) is 1.28. The minimum Gasteiger partial charge on any atom is -0.497 e. The summed E-state index contributed by atoms with van der Waals surface area (Å²) in [6, 6.07) is 10.7. The summed E-state index contributed by atoms with van der Waals surface area (Å²) in [6.07, 6.45) is 1.56. The number of ether oxygens (including phenoxy) is 2. The first-order chi connectivity index (χ1) is 13.4. The molecule has 0 N–H and O–H groups in total. The molecule has 1 saturated heterocycles. The van der Waals surface area contributed by atoms with Gasteiger partial charge in [-0.2, -0.15) is 0 Å². The van der Waals surface area contributed by atoms with E-state index in [1.807, 2.05) is 30.0 Å². The van der Waals surface area contributed by atoms with Crippen molar-refractivity contribution in [3.05, 3.63) is 58.1 Å². The van der Waals surface area contributed by atoms with Crippen LogP contribution in [0.5, 0.6) is 11.5 Å². The predicted molar refractivity (Wildman–Crippen MR) is 107 cm³/mol. The largest absolute Gasteiger partial charge is 0.497 e. The number of hydrogen-bond donors (Lipinski definition) is 0. The number of piperidine rings is 1. The second kappa shape index (κ2) is 7.13. The average Bonchev–Trinajstić information content (AvgIpc) is 2.70. The lowest BCUT2D eigenvalue weighted by Crippen LogP contribution is -2.52. The molecule has 0 aliphatic carbocycles. The van der Waals surface area contributed by atoms with Crippen LogP contribution in [0.15, 0.2) is 36.4 Å². The quantitative estimate of drug-likeness (QED) is 0.755. The van der Waals surface area contributed by atoms with Gasteiger partial charge in [0.1, 0.15) is 17.1 Å².